The molecule has 1 amide bonds. The van der Waals surface area contributed by atoms with Crippen molar-refractivity contribution in [3.05, 3.63) is 22.7 Å². The molecule has 1 aromatic carbocycles. The second-order valence-corrected chi connectivity index (χ2v) is 3.65. The highest BCUT2D eigenvalue weighted by atomic mass is 79.9. The second kappa shape index (κ2) is 5.22. The number of alkyl halides is 1. The van der Waals surface area contributed by atoms with Gasteiger partial charge in [0, 0.05) is 5.69 Å². The summed E-state index contributed by atoms with van der Waals surface area (Å²) in [6.07, 6.45) is 0. The predicted molar refractivity (Wildman–Crippen MR) is 60.0 cm³/mol. The maximum atomic E-state index is 11.0. The summed E-state index contributed by atoms with van der Waals surface area (Å²) in [6.45, 7) is 0. The first-order valence-corrected chi connectivity index (χ1v) is 5.19. The Hall–Kier alpha value is -0.740. The minimum atomic E-state index is -0.233. The molecule has 0 spiro atoms. The highest BCUT2D eigenvalue weighted by Crippen LogP contribution is 2.27. The van der Waals surface area contributed by atoms with Crippen molar-refractivity contribution in [2.45, 2.75) is 0 Å². The standard InChI is InChI=1S/C9H9BrClNO2/c1-14-8-3-2-6(4-7(8)10)12-9(13)5-11/h2-4H,5H2,1H3,(H,12,13). The fourth-order valence-electron chi connectivity index (χ4n) is 0.939. The van der Waals surface area contributed by atoms with Crippen LogP contribution in [0.5, 0.6) is 5.75 Å². The summed E-state index contributed by atoms with van der Waals surface area (Å²) in [5, 5.41) is 2.63. The van der Waals surface area contributed by atoms with Crippen LogP contribution in [0.15, 0.2) is 22.7 Å². The molecule has 1 rings (SSSR count). The number of anilines is 1. The molecule has 0 radical (unpaired) electrons. The molecular formula is C9H9BrClNO2. The third-order valence-corrected chi connectivity index (χ3v) is 2.42. The van der Waals surface area contributed by atoms with Crippen LogP contribution in [0.2, 0.25) is 0 Å². The van der Waals surface area contributed by atoms with Crippen LogP contribution in [0.4, 0.5) is 5.69 Å². The topological polar surface area (TPSA) is 38.3 Å². The van der Waals surface area contributed by atoms with Gasteiger partial charge in [0.1, 0.15) is 11.6 Å². The molecule has 0 aliphatic rings. The third kappa shape index (κ3) is 2.89. The van der Waals surface area contributed by atoms with E-state index in [0.717, 1.165) is 4.47 Å². The zero-order valence-corrected chi connectivity index (χ0v) is 9.85. The number of methoxy groups -OCH3 is 1. The zero-order chi connectivity index (χ0) is 10.6. The summed E-state index contributed by atoms with van der Waals surface area (Å²) < 4.78 is 5.83. The summed E-state index contributed by atoms with van der Waals surface area (Å²) >= 11 is 8.66. The Morgan fingerprint density at radius 2 is 2.36 bits per heavy atom. The van der Waals surface area contributed by atoms with Gasteiger partial charge in [-0.1, -0.05) is 0 Å². The third-order valence-electron chi connectivity index (χ3n) is 1.56. The Bertz CT molecular complexity index is 344. The van der Waals surface area contributed by atoms with Gasteiger partial charge >= 0.3 is 0 Å². The first-order chi connectivity index (χ1) is 6.67. The summed E-state index contributed by atoms with van der Waals surface area (Å²) in [4.78, 5) is 11.0. The highest BCUT2D eigenvalue weighted by molar-refractivity contribution is 9.10. The summed E-state index contributed by atoms with van der Waals surface area (Å²) in [6, 6.07) is 5.26. The molecule has 0 bridgehead atoms. The highest BCUT2D eigenvalue weighted by Gasteiger charge is 2.03. The van der Waals surface area contributed by atoms with Crippen molar-refractivity contribution in [2.24, 2.45) is 0 Å². The first kappa shape index (κ1) is 11.3. The predicted octanol–water partition coefficient (Wildman–Crippen LogP) is 2.64. The van der Waals surface area contributed by atoms with Gasteiger partial charge in [-0.3, -0.25) is 4.79 Å². The average molecular weight is 279 g/mol. The van der Waals surface area contributed by atoms with Crippen LogP contribution in [-0.2, 0) is 4.79 Å². The van der Waals surface area contributed by atoms with Crippen molar-refractivity contribution in [2.75, 3.05) is 18.3 Å². The van der Waals surface area contributed by atoms with Crippen LogP contribution in [0.25, 0.3) is 0 Å². The summed E-state index contributed by atoms with van der Waals surface area (Å²) in [5.74, 6) is 0.432. The van der Waals surface area contributed by atoms with E-state index in [4.69, 9.17) is 16.3 Å². The minimum Gasteiger partial charge on any atom is -0.496 e. The Kier molecular flexibility index (Phi) is 4.22. The molecule has 1 aromatic rings. The smallest absolute Gasteiger partial charge is 0.239 e. The molecule has 14 heavy (non-hydrogen) atoms. The fourth-order valence-corrected chi connectivity index (χ4v) is 1.55. The lowest BCUT2D eigenvalue weighted by molar-refractivity contribution is -0.113. The Morgan fingerprint density at radius 1 is 1.64 bits per heavy atom. The normalized spacial score (nSPS) is 9.64. The van der Waals surface area contributed by atoms with Crippen molar-refractivity contribution in [1.82, 2.24) is 0 Å². The van der Waals surface area contributed by atoms with Crippen LogP contribution in [0.1, 0.15) is 0 Å². The molecule has 0 heterocycles. The van der Waals surface area contributed by atoms with E-state index < -0.39 is 0 Å². The van der Waals surface area contributed by atoms with Crippen molar-refractivity contribution in [3.63, 3.8) is 0 Å². The van der Waals surface area contributed by atoms with Gasteiger partial charge in [-0.15, -0.1) is 11.6 Å². The Morgan fingerprint density at radius 3 is 2.86 bits per heavy atom. The lowest BCUT2D eigenvalue weighted by atomic mass is 10.3. The summed E-state index contributed by atoms with van der Waals surface area (Å²) in [7, 11) is 1.58. The maximum Gasteiger partial charge on any atom is 0.239 e. The number of carbonyl (C=O) groups is 1. The number of hydrogen-bond acceptors (Lipinski definition) is 2. The number of benzene rings is 1. The molecule has 0 aromatic heterocycles. The van der Waals surface area contributed by atoms with E-state index in [1.54, 1.807) is 25.3 Å². The van der Waals surface area contributed by atoms with E-state index in [1.807, 2.05) is 0 Å². The van der Waals surface area contributed by atoms with Gasteiger partial charge in [-0.25, -0.2) is 0 Å². The van der Waals surface area contributed by atoms with E-state index >= 15 is 0 Å². The molecule has 3 nitrogen and oxygen atoms in total. The van der Waals surface area contributed by atoms with Crippen LogP contribution in [0, 0.1) is 0 Å². The van der Waals surface area contributed by atoms with Gasteiger partial charge in [0.05, 0.1) is 11.6 Å². The molecular weight excluding hydrogens is 269 g/mol. The van der Waals surface area contributed by atoms with E-state index in [2.05, 4.69) is 21.2 Å². The molecule has 0 atom stereocenters. The lowest BCUT2D eigenvalue weighted by Gasteiger charge is -2.06. The number of hydrogen-bond donors (Lipinski definition) is 1. The number of halogens is 2. The van der Waals surface area contributed by atoms with Crippen molar-refractivity contribution >= 4 is 39.1 Å². The molecule has 1 N–H and O–H groups in total. The van der Waals surface area contributed by atoms with E-state index in [9.17, 15) is 4.79 Å². The minimum absolute atomic E-state index is 0.0519. The average Bonchev–Trinajstić information content (AvgIpc) is 2.18. The molecule has 0 unspecified atom stereocenters. The van der Waals surface area contributed by atoms with Gasteiger partial charge in [0.25, 0.3) is 0 Å². The number of carbonyl (C=O) groups excluding carboxylic acids is 1. The number of ether oxygens (including phenoxy) is 1. The van der Waals surface area contributed by atoms with Gasteiger partial charge in [-0.05, 0) is 34.1 Å². The number of rotatable bonds is 3. The number of amides is 1. The monoisotopic (exact) mass is 277 g/mol. The van der Waals surface area contributed by atoms with Gasteiger partial charge in [0.2, 0.25) is 5.91 Å². The molecule has 5 heteroatoms. The van der Waals surface area contributed by atoms with Crippen molar-refractivity contribution in [1.29, 1.82) is 0 Å². The Balaban J connectivity index is 2.81. The van der Waals surface area contributed by atoms with Crippen molar-refractivity contribution in [3.8, 4) is 5.75 Å². The number of nitrogens with one attached hydrogen (secondary N) is 1. The van der Waals surface area contributed by atoms with Gasteiger partial charge in [0.15, 0.2) is 0 Å². The van der Waals surface area contributed by atoms with Crippen LogP contribution >= 0.6 is 27.5 Å². The molecule has 76 valence electrons. The first-order valence-electron chi connectivity index (χ1n) is 3.86. The van der Waals surface area contributed by atoms with Crippen molar-refractivity contribution < 1.29 is 9.53 Å². The largest absolute Gasteiger partial charge is 0.496 e. The molecule has 0 aliphatic heterocycles. The fraction of sp³-hybridized carbons (Fsp3) is 0.222. The SMILES string of the molecule is COc1ccc(NC(=O)CCl)cc1Br. The van der Waals surface area contributed by atoms with E-state index in [0.29, 0.717) is 11.4 Å². The molecule has 0 aliphatic carbocycles. The summed E-state index contributed by atoms with van der Waals surface area (Å²) in [5.41, 5.74) is 0.684. The van der Waals surface area contributed by atoms with Crippen LogP contribution in [0.3, 0.4) is 0 Å². The van der Waals surface area contributed by atoms with E-state index in [-0.39, 0.29) is 11.8 Å². The zero-order valence-electron chi connectivity index (χ0n) is 7.51. The maximum absolute atomic E-state index is 11.0. The Labute approximate surface area is 95.5 Å². The molecule has 0 saturated carbocycles. The van der Waals surface area contributed by atoms with E-state index in [1.165, 1.54) is 0 Å². The lowest BCUT2D eigenvalue weighted by Crippen LogP contribution is -2.12. The van der Waals surface area contributed by atoms with Gasteiger partial charge in [-0.2, -0.15) is 0 Å². The quantitative estimate of drug-likeness (QED) is 0.863. The van der Waals surface area contributed by atoms with Gasteiger partial charge < -0.3 is 10.1 Å². The molecule has 0 fully saturated rings. The molecule has 0 saturated heterocycles. The van der Waals surface area contributed by atoms with Crippen LogP contribution in [-0.4, -0.2) is 18.9 Å². The van der Waals surface area contributed by atoms with Crippen LogP contribution < -0.4 is 10.1 Å². The second-order valence-electron chi connectivity index (χ2n) is 2.53.